The average Bonchev–Trinajstić information content (AvgIpc) is 2.58. The number of carbonyl (C=O) groups is 1. The maximum Gasteiger partial charge on any atom is 0.228 e. The van der Waals surface area contributed by atoms with Gasteiger partial charge in [0.05, 0.1) is 15.7 Å². The van der Waals surface area contributed by atoms with E-state index in [0.29, 0.717) is 23.0 Å². The number of rotatable bonds is 1. The van der Waals surface area contributed by atoms with Crippen LogP contribution in [0, 0.1) is 11.3 Å². The fourth-order valence-corrected chi connectivity index (χ4v) is 2.35. The van der Waals surface area contributed by atoms with Gasteiger partial charge in [-0.1, -0.05) is 6.07 Å². The van der Waals surface area contributed by atoms with Gasteiger partial charge < -0.3 is 10.6 Å². The lowest BCUT2D eigenvalue weighted by atomic mass is 10.2. The van der Waals surface area contributed by atoms with Crippen LogP contribution in [0.25, 0.3) is 0 Å². The Balaban J connectivity index is 2.42. The molecule has 1 aliphatic heterocycles. The summed E-state index contributed by atoms with van der Waals surface area (Å²) in [6, 6.07) is 7.22. The Kier molecular flexibility index (Phi) is 2.95. The first kappa shape index (κ1) is 11.1. The first-order chi connectivity index (χ1) is 7.63. The van der Waals surface area contributed by atoms with Gasteiger partial charge in [0.1, 0.15) is 6.07 Å². The summed E-state index contributed by atoms with van der Waals surface area (Å²) in [5.74, 6) is 0.00305. The molecule has 2 N–H and O–H groups in total. The lowest BCUT2D eigenvalue weighted by Crippen LogP contribution is -2.28. The predicted molar refractivity (Wildman–Crippen MR) is 63.8 cm³/mol. The van der Waals surface area contributed by atoms with Crippen LogP contribution in [0.4, 0.5) is 5.69 Å². The third kappa shape index (κ3) is 1.82. The average molecular weight is 280 g/mol. The van der Waals surface area contributed by atoms with Crippen molar-refractivity contribution in [3.63, 3.8) is 0 Å². The largest absolute Gasteiger partial charge is 0.326 e. The van der Waals surface area contributed by atoms with Crippen LogP contribution in [0.2, 0.25) is 0 Å². The number of benzene rings is 1. The van der Waals surface area contributed by atoms with Crippen LogP contribution in [0.3, 0.4) is 0 Å². The van der Waals surface area contributed by atoms with E-state index in [4.69, 9.17) is 11.0 Å². The molecule has 1 amide bonds. The molecule has 1 aromatic rings. The maximum atomic E-state index is 11.7. The summed E-state index contributed by atoms with van der Waals surface area (Å²) in [5.41, 5.74) is 6.97. The lowest BCUT2D eigenvalue weighted by Gasteiger charge is -2.18. The third-order valence-electron chi connectivity index (χ3n) is 2.54. The van der Waals surface area contributed by atoms with Crippen molar-refractivity contribution in [2.75, 3.05) is 11.4 Å². The Hall–Kier alpha value is -1.38. The van der Waals surface area contributed by atoms with E-state index in [1.165, 1.54) is 0 Å². The molecule has 2 rings (SSSR count). The van der Waals surface area contributed by atoms with Crippen molar-refractivity contribution < 1.29 is 4.79 Å². The molecule has 1 aromatic carbocycles. The van der Waals surface area contributed by atoms with E-state index >= 15 is 0 Å². The van der Waals surface area contributed by atoms with Gasteiger partial charge in [0.15, 0.2) is 0 Å². The standard InChI is InChI=1S/C11H10BrN3O/c12-11-7(5-13)2-1-3-9(11)15-6-8(14)4-10(15)16/h1-3,8H,4,6,14H2. The minimum atomic E-state index is -0.120. The molecule has 1 heterocycles. The lowest BCUT2D eigenvalue weighted by molar-refractivity contribution is -0.117. The number of halogens is 1. The van der Waals surface area contributed by atoms with E-state index in [2.05, 4.69) is 22.0 Å². The van der Waals surface area contributed by atoms with Crippen LogP contribution in [0.5, 0.6) is 0 Å². The van der Waals surface area contributed by atoms with Crippen molar-refractivity contribution in [3.8, 4) is 6.07 Å². The van der Waals surface area contributed by atoms with Gasteiger partial charge in [-0.2, -0.15) is 5.26 Å². The molecule has 5 heteroatoms. The molecule has 1 unspecified atom stereocenters. The summed E-state index contributed by atoms with van der Waals surface area (Å²) < 4.78 is 0.653. The number of anilines is 1. The molecule has 0 bridgehead atoms. The molecule has 1 fully saturated rings. The second-order valence-electron chi connectivity index (χ2n) is 3.72. The van der Waals surface area contributed by atoms with Gasteiger partial charge >= 0.3 is 0 Å². The van der Waals surface area contributed by atoms with E-state index in [-0.39, 0.29) is 11.9 Å². The van der Waals surface area contributed by atoms with E-state index in [1.807, 2.05) is 0 Å². The van der Waals surface area contributed by atoms with Crippen LogP contribution >= 0.6 is 15.9 Å². The van der Waals surface area contributed by atoms with Gasteiger partial charge in [0.25, 0.3) is 0 Å². The van der Waals surface area contributed by atoms with Crippen LogP contribution in [-0.4, -0.2) is 18.5 Å². The molecule has 0 saturated carbocycles. The van der Waals surface area contributed by atoms with Crippen molar-refractivity contribution in [3.05, 3.63) is 28.2 Å². The van der Waals surface area contributed by atoms with Crippen LogP contribution in [0.15, 0.2) is 22.7 Å². The second-order valence-corrected chi connectivity index (χ2v) is 4.51. The molecule has 1 saturated heterocycles. The Bertz CT molecular complexity index is 481. The van der Waals surface area contributed by atoms with Crippen LogP contribution in [0.1, 0.15) is 12.0 Å². The Morgan fingerprint density at radius 2 is 2.31 bits per heavy atom. The van der Waals surface area contributed by atoms with Gasteiger partial charge in [-0.05, 0) is 28.1 Å². The van der Waals surface area contributed by atoms with E-state index in [9.17, 15) is 4.79 Å². The zero-order chi connectivity index (χ0) is 11.7. The summed E-state index contributed by atoms with van der Waals surface area (Å²) in [5, 5.41) is 8.90. The third-order valence-corrected chi connectivity index (χ3v) is 3.38. The quantitative estimate of drug-likeness (QED) is 0.845. The summed E-state index contributed by atoms with van der Waals surface area (Å²) in [6.45, 7) is 0.506. The molecule has 82 valence electrons. The van der Waals surface area contributed by atoms with E-state index in [1.54, 1.807) is 23.1 Å². The van der Waals surface area contributed by atoms with Crippen molar-refractivity contribution in [1.82, 2.24) is 0 Å². The van der Waals surface area contributed by atoms with Crippen molar-refractivity contribution in [2.24, 2.45) is 5.73 Å². The fourth-order valence-electron chi connectivity index (χ4n) is 1.78. The molecule has 0 radical (unpaired) electrons. The number of hydrogen-bond acceptors (Lipinski definition) is 3. The van der Waals surface area contributed by atoms with E-state index in [0.717, 1.165) is 5.69 Å². The van der Waals surface area contributed by atoms with Crippen molar-refractivity contribution in [1.29, 1.82) is 5.26 Å². The highest BCUT2D eigenvalue weighted by molar-refractivity contribution is 9.10. The zero-order valence-corrected chi connectivity index (χ0v) is 10.1. The van der Waals surface area contributed by atoms with Gasteiger partial charge in [-0.15, -0.1) is 0 Å². The molecule has 4 nitrogen and oxygen atoms in total. The van der Waals surface area contributed by atoms with Crippen molar-refractivity contribution in [2.45, 2.75) is 12.5 Å². The maximum absolute atomic E-state index is 11.7. The van der Waals surface area contributed by atoms with Gasteiger partial charge in [0.2, 0.25) is 5.91 Å². The number of hydrogen-bond donors (Lipinski definition) is 1. The molecule has 1 aliphatic rings. The van der Waals surface area contributed by atoms with Gasteiger partial charge in [0, 0.05) is 19.0 Å². The summed E-state index contributed by atoms with van der Waals surface area (Å²) in [6.07, 6.45) is 0.364. The highest BCUT2D eigenvalue weighted by atomic mass is 79.9. The SMILES string of the molecule is N#Cc1cccc(N2CC(N)CC2=O)c1Br. The number of nitrogens with zero attached hydrogens (tertiary/aromatic N) is 2. The van der Waals surface area contributed by atoms with Gasteiger partial charge in [-0.3, -0.25) is 4.79 Å². The summed E-state index contributed by atoms with van der Waals surface area (Å²) in [7, 11) is 0. The number of nitriles is 1. The minimum Gasteiger partial charge on any atom is -0.326 e. The highest BCUT2D eigenvalue weighted by Gasteiger charge is 2.29. The monoisotopic (exact) mass is 279 g/mol. The minimum absolute atomic E-state index is 0.00305. The smallest absolute Gasteiger partial charge is 0.228 e. The fraction of sp³-hybridized carbons (Fsp3) is 0.273. The first-order valence-electron chi connectivity index (χ1n) is 4.88. The molecule has 0 aliphatic carbocycles. The number of amides is 1. The molecular weight excluding hydrogens is 270 g/mol. The summed E-state index contributed by atoms with van der Waals surface area (Å²) in [4.78, 5) is 13.3. The molecular formula is C11H10BrN3O. The van der Waals surface area contributed by atoms with E-state index < -0.39 is 0 Å². The Morgan fingerprint density at radius 1 is 1.56 bits per heavy atom. The molecule has 16 heavy (non-hydrogen) atoms. The highest BCUT2D eigenvalue weighted by Crippen LogP contribution is 2.31. The Labute approximate surface area is 102 Å². The molecule has 0 spiro atoms. The van der Waals surface area contributed by atoms with Crippen LogP contribution in [-0.2, 0) is 4.79 Å². The topological polar surface area (TPSA) is 70.1 Å². The normalized spacial score (nSPS) is 19.9. The number of carbonyl (C=O) groups excluding carboxylic acids is 1. The molecule has 1 atom stereocenters. The second kappa shape index (κ2) is 4.24. The first-order valence-corrected chi connectivity index (χ1v) is 5.67. The van der Waals surface area contributed by atoms with Gasteiger partial charge in [-0.25, -0.2) is 0 Å². The predicted octanol–water partition coefficient (Wildman–Crippen LogP) is 1.38. The molecule has 0 aromatic heterocycles. The number of nitrogens with two attached hydrogens (primary N) is 1. The zero-order valence-electron chi connectivity index (χ0n) is 8.48. The Morgan fingerprint density at radius 3 is 2.88 bits per heavy atom. The van der Waals surface area contributed by atoms with Crippen molar-refractivity contribution >= 4 is 27.5 Å². The summed E-state index contributed by atoms with van der Waals surface area (Å²) >= 11 is 3.34. The van der Waals surface area contributed by atoms with Crippen LogP contribution < -0.4 is 10.6 Å².